The topological polar surface area (TPSA) is 0 Å². The molecule has 2 heteroatoms. The molecule has 0 nitrogen and oxygen atoms in total. The Labute approximate surface area is 124 Å². The maximum Gasteiger partial charge on any atom is 0.0285 e. The predicted molar refractivity (Wildman–Crippen MR) is 93.9 cm³/mol. The zero-order valence-electron chi connectivity index (χ0n) is 12.2. The van der Waals surface area contributed by atoms with Crippen molar-refractivity contribution in [1.82, 2.24) is 0 Å². The molecule has 1 aromatic rings. The molecule has 0 amide bonds. The van der Waals surface area contributed by atoms with Gasteiger partial charge < -0.3 is 0 Å². The van der Waals surface area contributed by atoms with Crippen LogP contribution in [0.1, 0.15) is 33.3 Å². The van der Waals surface area contributed by atoms with Crippen molar-refractivity contribution in [2.45, 2.75) is 27.7 Å². The number of thioether (sulfide) groups is 1. The lowest BCUT2D eigenvalue weighted by Crippen LogP contribution is -2.21. The van der Waals surface area contributed by atoms with E-state index >= 15 is 0 Å². The average molecular weight is 290 g/mol. The third-order valence-corrected chi connectivity index (χ3v) is 4.83. The molecule has 0 saturated heterocycles. The van der Waals surface area contributed by atoms with Crippen LogP contribution in [0, 0.1) is 0 Å². The maximum atomic E-state index is 4.17. The summed E-state index contributed by atoms with van der Waals surface area (Å²) in [5.74, 6) is 0.970. The molecule has 0 aliphatic rings. The van der Waals surface area contributed by atoms with Gasteiger partial charge in [-0.1, -0.05) is 37.0 Å². The molecule has 0 N–H and O–H groups in total. The molecule has 0 aromatic carbocycles. The highest BCUT2D eigenvalue weighted by molar-refractivity contribution is 8.08. The van der Waals surface area contributed by atoms with Crippen molar-refractivity contribution in [3.8, 4) is 0 Å². The second-order valence-electron chi connectivity index (χ2n) is 4.62. The SMILES string of the molecule is C=C(C)CS/C(C)=c1\c(/C(C)=C/C=C\C)csc1=C. The van der Waals surface area contributed by atoms with Gasteiger partial charge >= 0.3 is 0 Å². The van der Waals surface area contributed by atoms with Crippen molar-refractivity contribution in [1.29, 1.82) is 0 Å². The van der Waals surface area contributed by atoms with Gasteiger partial charge in [-0.15, -0.1) is 23.1 Å². The van der Waals surface area contributed by atoms with Crippen molar-refractivity contribution in [2.24, 2.45) is 0 Å². The number of thiophene rings is 1. The molecule has 0 aliphatic heterocycles. The fourth-order valence-corrected chi connectivity index (χ4v) is 3.56. The molecule has 1 aromatic heterocycles. The first kappa shape index (κ1) is 16.1. The molecule has 19 heavy (non-hydrogen) atoms. The van der Waals surface area contributed by atoms with Gasteiger partial charge in [0.2, 0.25) is 0 Å². The molecule has 0 unspecified atom stereocenters. The van der Waals surface area contributed by atoms with Gasteiger partial charge in [0.1, 0.15) is 0 Å². The zero-order valence-corrected chi connectivity index (χ0v) is 13.9. The summed E-state index contributed by atoms with van der Waals surface area (Å²) >= 11 is 3.57. The Morgan fingerprint density at radius 1 is 1.37 bits per heavy atom. The lowest BCUT2D eigenvalue weighted by atomic mass is 10.1. The van der Waals surface area contributed by atoms with Crippen LogP contribution in [0.2, 0.25) is 0 Å². The first-order valence-electron chi connectivity index (χ1n) is 6.31. The van der Waals surface area contributed by atoms with Crippen LogP contribution in [0.15, 0.2) is 35.8 Å². The first-order valence-corrected chi connectivity index (χ1v) is 8.18. The molecule has 0 aliphatic carbocycles. The van der Waals surface area contributed by atoms with E-state index in [4.69, 9.17) is 0 Å². The Morgan fingerprint density at radius 3 is 2.63 bits per heavy atom. The summed E-state index contributed by atoms with van der Waals surface area (Å²) in [6.45, 7) is 16.6. The molecule has 1 heterocycles. The Hall–Kier alpha value is -0.990. The molecule has 0 fully saturated rings. The van der Waals surface area contributed by atoms with Crippen LogP contribution < -0.4 is 9.75 Å². The van der Waals surface area contributed by atoms with E-state index < -0.39 is 0 Å². The van der Waals surface area contributed by atoms with Crippen molar-refractivity contribution >= 4 is 40.2 Å². The quantitative estimate of drug-likeness (QED) is 0.565. The third-order valence-electron chi connectivity index (χ3n) is 2.72. The van der Waals surface area contributed by atoms with Gasteiger partial charge in [-0.25, -0.2) is 0 Å². The second-order valence-corrected chi connectivity index (χ2v) is 6.78. The second kappa shape index (κ2) is 7.56. The Bertz CT molecular complexity index is 612. The van der Waals surface area contributed by atoms with Crippen molar-refractivity contribution in [3.63, 3.8) is 0 Å². The van der Waals surface area contributed by atoms with Crippen molar-refractivity contribution < 1.29 is 0 Å². The third kappa shape index (κ3) is 4.55. The molecule has 0 atom stereocenters. The monoisotopic (exact) mass is 290 g/mol. The lowest BCUT2D eigenvalue weighted by molar-refractivity contribution is 1.44. The van der Waals surface area contributed by atoms with Gasteiger partial charge in [0.15, 0.2) is 0 Å². The summed E-state index contributed by atoms with van der Waals surface area (Å²) in [5, 5.41) is 3.51. The van der Waals surface area contributed by atoms with E-state index in [1.54, 1.807) is 11.3 Å². The Kier molecular flexibility index (Phi) is 6.40. The van der Waals surface area contributed by atoms with Crippen LogP contribution in [0.4, 0.5) is 0 Å². The highest BCUT2D eigenvalue weighted by atomic mass is 32.2. The lowest BCUT2D eigenvalue weighted by Gasteiger charge is -2.03. The van der Waals surface area contributed by atoms with E-state index in [2.05, 4.69) is 51.5 Å². The summed E-state index contributed by atoms with van der Waals surface area (Å²) in [4.78, 5) is 1.33. The van der Waals surface area contributed by atoms with Crippen LogP contribution in [0.3, 0.4) is 0 Å². The number of allylic oxidation sites excluding steroid dienone is 4. The molecule has 102 valence electrons. The molecule has 0 spiro atoms. The van der Waals surface area contributed by atoms with Gasteiger partial charge in [0.25, 0.3) is 0 Å². The fraction of sp³-hybridized carbons (Fsp3) is 0.294. The van der Waals surface area contributed by atoms with Crippen LogP contribution in [-0.4, -0.2) is 5.75 Å². The predicted octanol–water partition coefficient (Wildman–Crippen LogP) is 4.58. The van der Waals surface area contributed by atoms with E-state index in [1.807, 2.05) is 24.8 Å². The van der Waals surface area contributed by atoms with E-state index in [9.17, 15) is 0 Å². The highest BCUT2D eigenvalue weighted by Gasteiger charge is 2.04. The van der Waals surface area contributed by atoms with Crippen molar-refractivity contribution in [3.05, 3.63) is 51.1 Å². The largest absolute Gasteiger partial charge is 0.144 e. The van der Waals surface area contributed by atoms with E-state index in [0.29, 0.717) is 0 Å². The van der Waals surface area contributed by atoms with Gasteiger partial charge in [0.05, 0.1) is 0 Å². The van der Waals surface area contributed by atoms with Crippen molar-refractivity contribution in [2.75, 3.05) is 5.75 Å². The molecule has 0 radical (unpaired) electrons. The number of hydrogen-bond donors (Lipinski definition) is 0. The van der Waals surface area contributed by atoms with Crippen LogP contribution in [0.25, 0.3) is 17.1 Å². The zero-order chi connectivity index (χ0) is 14.4. The van der Waals surface area contributed by atoms with Crippen LogP contribution >= 0.6 is 23.1 Å². The minimum atomic E-state index is 0.970. The first-order chi connectivity index (χ1) is 8.97. The average Bonchev–Trinajstić information content (AvgIpc) is 2.75. The fourth-order valence-electron chi connectivity index (χ4n) is 1.71. The maximum absolute atomic E-state index is 4.17. The molecule has 1 rings (SSSR count). The summed E-state index contributed by atoms with van der Waals surface area (Å²) < 4.78 is 1.15. The van der Waals surface area contributed by atoms with Gasteiger partial charge in [-0.3, -0.25) is 0 Å². The minimum Gasteiger partial charge on any atom is -0.144 e. The van der Waals surface area contributed by atoms with Gasteiger partial charge in [-0.05, 0) is 49.1 Å². The van der Waals surface area contributed by atoms with Crippen LogP contribution in [0.5, 0.6) is 0 Å². The van der Waals surface area contributed by atoms with E-state index in [-0.39, 0.29) is 0 Å². The summed E-state index contributed by atoms with van der Waals surface area (Å²) in [5.41, 5.74) is 3.79. The smallest absolute Gasteiger partial charge is 0.0285 e. The number of rotatable bonds is 5. The molecule has 0 bridgehead atoms. The number of hydrogen-bond acceptors (Lipinski definition) is 2. The molecule has 0 saturated carbocycles. The molecular formula is C17H22S2. The van der Waals surface area contributed by atoms with E-state index in [0.717, 1.165) is 10.3 Å². The Balaban J connectivity index is 3.28. The molecular weight excluding hydrogens is 268 g/mol. The normalized spacial score (nSPS) is 14.0. The van der Waals surface area contributed by atoms with Crippen LogP contribution in [-0.2, 0) is 0 Å². The van der Waals surface area contributed by atoms with Gasteiger partial charge in [0, 0.05) is 15.5 Å². The summed E-state index contributed by atoms with van der Waals surface area (Å²) in [7, 11) is 0. The highest BCUT2D eigenvalue weighted by Crippen LogP contribution is 2.19. The van der Waals surface area contributed by atoms with E-state index in [1.165, 1.54) is 26.8 Å². The summed E-state index contributed by atoms with van der Waals surface area (Å²) in [6.07, 6.45) is 6.28. The standard InChI is InChI=1S/C17H22S2/c1-7-8-9-13(4)16-11-19-15(6)17(16)14(5)18-10-12(2)3/h7-9,11H,2,6,10H2,1,3-5H3/b8-7-,13-9+,17-14-. The van der Waals surface area contributed by atoms with Gasteiger partial charge in [-0.2, -0.15) is 0 Å². The summed E-state index contributed by atoms with van der Waals surface area (Å²) in [6, 6.07) is 0. The Morgan fingerprint density at radius 2 is 2.05 bits per heavy atom. The minimum absolute atomic E-state index is 0.970.